The fraction of sp³-hybridized carbons (Fsp3) is 0.333. The van der Waals surface area contributed by atoms with Gasteiger partial charge in [-0.3, -0.25) is 0 Å². The Labute approximate surface area is 120 Å². The first-order valence-electron chi connectivity index (χ1n) is 4.97. The molecular formula is C9H6F6O5S2. The molecule has 0 N–H and O–H groups in total. The molecule has 0 bridgehead atoms. The molecule has 0 saturated heterocycles. The van der Waals surface area contributed by atoms with Crippen molar-refractivity contribution < 1.29 is 47.9 Å². The largest absolute Gasteiger partial charge is 0.502 e. The van der Waals surface area contributed by atoms with Crippen LogP contribution in [-0.2, 0) is 19.7 Å². The van der Waals surface area contributed by atoms with Crippen LogP contribution in [0.2, 0.25) is 0 Å². The van der Waals surface area contributed by atoms with Gasteiger partial charge >= 0.3 is 11.0 Å². The molecular weight excluding hydrogens is 366 g/mol. The van der Waals surface area contributed by atoms with Crippen molar-refractivity contribution in [2.75, 3.05) is 7.11 Å². The number of methoxy groups -OCH3 is 1. The summed E-state index contributed by atoms with van der Waals surface area (Å²) in [6.45, 7) is 0. The average Bonchev–Trinajstić information content (AvgIpc) is 2.35. The maximum atomic E-state index is 12.5. The fourth-order valence-electron chi connectivity index (χ4n) is 1.29. The quantitative estimate of drug-likeness (QED) is 0.761. The van der Waals surface area contributed by atoms with Gasteiger partial charge in [0.2, 0.25) is 0 Å². The van der Waals surface area contributed by atoms with E-state index >= 15 is 0 Å². The number of benzene rings is 1. The molecule has 1 aromatic carbocycles. The van der Waals surface area contributed by atoms with Crippen LogP contribution in [0.4, 0.5) is 26.3 Å². The highest BCUT2D eigenvalue weighted by molar-refractivity contribution is 7.93. The number of rotatable bonds is 3. The van der Waals surface area contributed by atoms with Gasteiger partial charge in [-0.15, -0.1) is 0 Å². The monoisotopic (exact) mass is 372 g/mol. The third kappa shape index (κ3) is 2.99. The van der Waals surface area contributed by atoms with Crippen LogP contribution in [0.15, 0.2) is 28.0 Å². The molecule has 0 aromatic heterocycles. The van der Waals surface area contributed by atoms with Crippen molar-refractivity contribution in [2.45, 2.75) is 20.8 Å². The van der Waals surface area contributed by atoms with E-state index in [1.165, 1.54) is 0 Å². The smallest absolute Gasteiger partial charge is 0.495 e. The standard InChI is InChI=1S/C9H6F6O5S2/c1-20-6-3-2-5(21(16,17)8(10,11)12)4-7(6)22(18,19)9(13,14)15/h2-4H,1H3. The summed E-state index contributed by atoms with van der Waals surface area (Å²) in [5.74, 6) is -0.946. The summed E-state index contributed by atoms with van der Waals surface area (Å²) < 4.78 is 124. The van der Waals surface area contributed by atoms with Crippen molar-refractivity contribution in [3.8, 4) is 5.75 Å². The number of halogens is 6. The Kier molecular flexibility index (Phi) is 4.46. The number of ether oxygens (including phenoxy) is 1. The first-order chi connectivity index (χ1) is 9.66. The van der Waals surface area contributed by atoms with Gasteiger partial charge in [0, 0.05) is 0 Å². The van der Waals surface area contributed by atoms with Crippen molar-refractivity contribution in [2.24, 2.45) is 0 Å². The summed E-state index contributed by atoms with van der Waals surface area (Å²) in [5, 5.41) is 0. The van der Waals surface area contributed by atoms with Gasteiger partial charge in [0.05, 0.1) is 12.0 Å². The van der Waals surface area contributed by atoms with Crippen molar-refractivity contribution in [1.82, 2.24) is 0 Å². The Morgan fingerprint density at radius 2 is 1.32 bits per heavy atom. The summed E-state index contributed by atoms with van der Waals surface area (Å²) in [4.78, 5) is -3.38. The Hall–Kier alpha value is -1.50. The predicted octanol–water partition coefficient (Wildman–Crippen LogP) is 2.28. The summed E-state index contributed by atoms with van der Waals surface area (Å²) in [6.07, 6.45) is 0. The normalized spacial score (nSPS) is 14.0. The lowest BCUT2D eigenvalue weighted by molar-refractivity contribution is -0.0439. The van der Waals surface area contributed by atoms with E-state index in [9.17, 15) is 43.2 Å². The molecule has 126 valence electrons. The van der Waals surface area contributed by atoms with Crippen LogP contribution >= 0.6 is 0 Å². The molecule has 0 aliphatic carbocycles. The lowest BCUT2D eigenvalue weighted by atomic mass is 10.3. The van der Waals surface area contributed by atoms with Gasteiger partial charge in [0.1, 0.15) is 10.6 Å². The Morgan fingerprint density at radius 3 is 1.68 bits per heavy atom. The van der Waals surface area contributed by atoms with E-state index in [1.807, 2.05) is 0 Å². The van der Waals surface area contributed by atoms with E-state index in [4.69, 9.17) is 0 Å². The van der Waals surface area contributed by atoms with E-state index in [-0.39, 0.29) is 12.1 Å². The number of hydrogen-bond acceptors (Lipinski definition) is 5. The van der Waals surface area contributed by atoms with Crippen LogP contribution in [0.3, 0.4) is 0 Å². The van der Waals surface area contributed by atoms with E-state index in [1.54, 1.807) is 0 Å². The third-order valence-corrected chi connectivity index (χ3v) is 5.34. The molecule has 0 saturated carbocycles. The lowest BCUT2D eigenvalue weighted by Crippen LogP contribution is -2.26. The molecule has 5 nitrogen and oxygen atoms in total. The minimum Gasteiger partial charge on any atom is -0.495 e. The first-order valence-corrected chi connectivity index (χ1v) is 7.93. The van der Waals surface area contributed by atoms with Gasteiger partial charge in [-0.1, -0.05) is 0 Å². The van der Waals surface area contributed by atoms with Crippen molar-refractivity contribution in [3.05, 3.63) is 18.2 Å². The number of sulfone groups is 2. The van der Waals surface area contributed by atoms with Crippen LogP contribution in [0.25, 0.3) is 0 Å². The zero-order valence-electron chi connectivity index (χ0n) is 10.4. The van der Waals surface area contributed by atoms with Crippen molar-refractivity contribution in [3.63, 3.8) is 0 Å². The first kappa shape index (κ1) is 18.5. The van der Waals surface area contributed by atoms with E-state index in [0.717, 1.165) is 7.11 Å². The summed E-state index contributed by atoms with van der Waals surface area (Å²) in [6, 6.07) is 0.429. The topological polar surface area (TPSA) is 77.5 Å². The summed E-state index contributed by atoms with van der Waals surface area (Å²) in [5.41, 5.74) is -11.7. The molecule has 22 heavy (non-hydrogen) atoms. The van der Waals surface area contributed by atoms with E-state index in [0.29, 0.717) is 6.07 Å². The van der Waals surface area contributed by atoms with Gasteiger partial charge in [-0.25, -0.2) is 16.8 Å². The number of alkyl halides is 6. The molecule has 0 spiro atoms. The zero-order chi connectivity index (χ0) is 17.6. The molecule has 0 heterocycles. The maximum absolute atomic E-state index is 12.5. The summed E-state index contributed by atoms with van der Waals surface area (Å²) >= 11 is 0. The van der Waals surface area contributed by atoms with Gasteiger partial charge in [-0.05, 0) is 18.2 Å². The second kappa shape index (κ2) is 5.30. The fourth-order valence-corrected chi connectivity index (χ4v) is 3.10. The molecule has 0 atom stereocenters. The highest BCUT2D eigenvalue weighted by atomic mass is 32.2. The second-order valence-corrected chi connectivity index (χ2v) is 7.56. The van der Waals surface area contributed by atoms with Crippen LogP contribution < -0.4 is 4.74 Å². The molecule has 13 heteroatoms. The van der Waals surface area contributed by atoms with E-state index < -0.39 is 46.2 Å². The Morgan fingerprint density at radius 1 is 0.864 bits per heavy atom. The van der Waals surface area contributed by atoms with Gasteiger partial charge in [-0.2, -0.15) is 26.3 Å². The second-order valence-electron chi connectivity index (χ2n) is 3.71. The van der Waals surface area contributed by atoms with Crippen LogP contribution in [0.1, 0.15) is 0 Å². The number of hydrogen-bond donors (Lipinski definition) is 0. The SMILES string of the molecule is COc1ccc(S(=O)(=O)C(F)(F)F)cc1S(=O)(=O)C(F)(F)F. The summed E-state index contributed by atoms with van der Waals surface area (Å²) in [7, 11) is -11.4. The minimum atomic E-state index is -6.10. The van der Waals surface area contributed by atoms with Gasteiger partial charge in [0.25, 0.3) is 19.7 Å². The Balaban J connectivity index is 3.73. The predicted molar refractivity (Wildman–Crippen MR) is 59.5 cm³/mol. The van der Waals surface area contributed by atoms with E-state index in [2.05, 4.69) is 4.74 Å². The highest BCUT2D eigenvalue weighted by Gasteiger charge is 2.51. The minimum absolute atomic E-state index is 0.246. The molecule has 0 fully saturated rings. The van der Waals surface area contributed by atoms with Gasteiger partial charge in [0.15, 0.2) is 0 Å². The average molecular weight is 372 g/mol. The third-order valence-electron chi connectivity index (χ3n) is 2.34. The van der Waals surface area contributed by atoms with Gasteiger partial charge < -0.3 is 4.74 Å². The van der Waals surface area contributed by atoms with Crippen LogP contribution in [0, 0.1) is 0 Å². The van der Waals surface area contributed by atoms with Crippen LogP contribution in [0.5, 0.6) is 5.75 Å². The zero-order valence-corrected chi connectivity index (χ0v) is 12.0. The molecule has 0 radical (unpaired) electrons. The highest BCUT2D eigenvalue weighted by Crippen LogP contribution is 2.38. The molecule has 1 aromatic rings. The molecule has 0 aliphatic heterocycles. The molecule has 0 unspecified atom stereocenters. The molecule has 1 rings (SSSR count). The van der Waals surface area contributed by atoms with Crippen molar-refractivity contribution >= 4 is 19.7 Å². The molecule has 0 aliphatic rings. The van der Waals surface area contributed by atoms with Crippen LogP contribution in [-0.4, -0.2) is 35.0 Å². The Bertz CT molecular complexity index is 776. The maximum Gasteiger partial charge on any atom is 0.502 e. The lowest BCUT2D eigenvalue weighted by Gasteiger charge is -2.14. The van der Waals surface area contributed by atoms with Crippen molar-refractivity contribution in [1.29, 1.82) is 0 Å². The molecule has 0 amide bonds.